The smallest absolute Gasteiger partial charge is 0.0824 e. The van der Waals surface area contributed by atoms with Gasteiger partial charge in [0, 0.05) is 11.8 Å². The topological polar surface area (TPSA) is 0 Å². The van der Waals surface area contributed by atoms with Gasteiger partial charge in [-0.3, -0.25) is 0 Å². The average Bonchev–Trinajstić information content (AvgIpc) is 2.84. The first-order valence-electron chi connectivity index (χ1n) is 6.74. The summed E-state index contributed by atoms with van der Waals surface area (Å²) < 4.78 is 1.37. The van der Waals surface area contributed by atoms with Gasteiger partial charge >= 0.3 is 0 Å². The molecule has 0 aromatic carbocycles. The first-order chi connectivity index (χ1) is 7.22. The maximum absolute atomic E-state index is 2.52. The maximum Gasteiger partial charge on any atom is 0.0824 e. The number of allylic oxidation sites excluding steroid dienone is 2. The van der Waals surface area contributed by atoms with Crippen LogP contribution in [0, 0.1) is 23.7 Å². The molecule has 1 aliphatic heterocycles. The third-order valence-electron chi connectivity index (χ3n) is 5.15. The maximum atomic E-state index is 2.52. The molecular weight excluding hydrogens is 309 g/mol. The van der Waals surface area contributed by atoms with Gasteiger partial charge in [-0.2, -0.15) is 0 Å². The van der Waals surface area contributed by atoms with Crippen LogP contribution in [0.25, 0.3) is 0 Å². The zero-order chi connectivity index (χ0) is 10.5. The van der Waals surface area contributed by atoms with Gasteiger partial charge in [0.25, 0.3) is 0 Å². The van der Waals surface area contributed by atoms with Crippen molar-refractivity contribution in [3.63, 3.8) is 0 Å². The molecule has 0 aromatic heterocycles. The summed E-state index contributed by atoms with van der Waals surface area (Å²) >= 11 is 0. The number of rotatable bonds is 3. The van der Waals surface area contributed by atoms with Crippen LogP contribution in [-0.2, 0) is 0 Å². The van der Waals surface area contributed by atoms with Crippen LogP contribution in [0.15, 0.2) is 12.2 Å². The Morgan fingerprint density at radius 3 is 2.19 bits per heavy atom. The highest BCUT2D eigenvalue weighted by Crippen LogP contribution is 2.52. The number of hydrogen-bond donors (Lipinski definition) is 0. The predicted octanol–water partition coefficient (Wildman–Crippen LogP) is -0.311. The van der Waals surface area contributed by atoms with E-state index in [0.29, 0.717) is 0 Å². The third kappa shape index (κ3) is 1.96. The number of halogens is 1. The van der Waals surface area contributed by atoms with E-state index in [1.807, 2.05) is 0 Å². The SMILES string of the molecule is CCCC[N+]1(C)CC2C3C=CC(C3)C2C1.[I-]. The minimum atomic E-state index is 0. The highest BCUT2D eigenvalue weighted by atomic mass is 127. The molecule has 2 aliphatic carbocycles. The first kappa shape index (κ1) is 12.9. The zero-order valence-electron chi connectivity index (χ0n) is 10.5. The minimum absolute atomic E-state index is 0. The lowest BCUT2D eigenvalue weighted by molar-refractivity contribution is -0.901. The van der Waals surface area contributed by atoms with E-state index in [2.05, 4.69) is 26.1 Å². The molecule has 0 amide bonds. The molecule has 4 atom stereocenters. The standard InChI is InChI=1S/C14H24N.HI/c1-3-4-7-15(2)9-13-11-5-6-12(8-11)14(13)10-15;/h5-6,11-14H,3-4,7-10H2,1-2H3;1H/q+1;/p-1. The van der Waals surface area contributed by atoms with Crippen molar-refractivity contribution in [3.05, 3.63) is 12.2 Å². The molecule has 0 spiro atoms. The van der Waals surface area contributed by atoms with Gasteiger partial charge < -0.3 is 28.5 Å². The lowest BCUT2D eigenvalue weighted by atomic mass is 9.86. The van der Waals surface area contributed by atoms with Crippen molar-refractivity contribution >= 4 is 0 Å². The molecule has 2 bridgehead atoms. The zero-order valence-corrected chi connectivity index (χ0v) is 12.7. The van der Waals surface area contributed by atoms with E-state index in [0.717, 1.165) is 23.7 Å². The van der Waals surface area contributed by atoms with Gasteiger partial charge in [-0.25, -0.2) is 0 Å². The summed E-state index contributed by atoms with van der Waals surface area (Å²) in [5, 5.41) is 0. The van der Waals surface area contributed by atoms with Crippen molar-refractivity contribution in [2.24, 2.45) is 23.7 Å². The van der Waals surface area contributed by atoms with Crippen molar-refractivity contribution in [3.8, 4) is 0 Å². The molecule has 2 fully saturated rings. The summed E-state index contributed by atoms with van der Waals surface area (Å²) in [5.74, 6) is 4.01. The fourth-order valence-electron chi connectivity index (χ4n) is 4.38. The molecule has 3 aliphatic rings. The van der Waals surface area contributed by atoms with Crippen LogP contribution in [0.1, 0.15) is 26.2 Å². The summed E-state index contributed by atoms with van der Waals surface area (Å²) in [6.07, 6.45) is 9.29. The summed E-state index contributed by atoms with van der Waals surface area (Å²) in [5.41, 5.74) is 0. The normalized spacial score (nSPS) is 48.1. The predicted molar refractivity (Wildman–Crippen MR) is 63.4 cm³/mol. The second-order valence-electron chi connectivity index (χ2n) is 6.34. The summed E-state index contributed by atoms with van der Waals surface area (Å²) in [6.45, 7) is 6.67. The van der Waals surface area contributed by atoms with E-state index in [-0.39, 0.29) is 24.0 Å². The molecule has 1 heterocycles. The molecule has 0 N–H and O–H groups in total. The quantitative estimate of drug-likeness (QED) is 0.378. The van der Waals surface area contributed by atoms with E-state index < -0.39 is 0 Å². The van der Waals surface area contributed by atoms with E-state index in [1.165, 1.54) is 43.4 Å². The van der Waals surface area contributed by atoms with Crippen LogP contribution in [0.4, 0.5) is 0 Å². The van der Waals surface area contributed by atoms with Crippen molar-refractivity contribution in [1.29, 1.82) is 0 Å². The monoisotopic (exact) mass is 333 g/mol. The molecule has 1 saturated heterocycles. The second kappa shape index (κ2) is 4.60. The Morgan fingerprint density at radius 2 is 1.69 bits per heavy atom. The number of nitrogens with zero attached hydrogens (tertiary/aromatic N) is 1. The molecule has 0 aromatic rings. The van der Waals surface area contributed by atoms with Crippen LogP contribution < -0.4 is 24.0 Å². The van der Waals surface area contributed by atoms with Gasteiger partial charge in [-0.05, 0) is 24.7 Å². The highest BCUT2D eigenvalue weighted by Gasteiger charge is 2.54. The number of quaternary nitrogens is 1. The minimum Gasteiger partial charge on any atom is -1.00 e. The van der Waals surface area contributed by atoms with Crippen LogP contribution in [0.3, 0.4) is 0 Å². The second-order valence-corrected chi connectivity index (χ2v) is 6.34. The van der Waals surface area contributed by atoms with Crippen molar-refractivity contribution in [2.45, 2.75) is 26.2 Å². The molecule has 1 saturated carbocycles. The van der Waals surface area contributed by atoms with Crippen LogP contribution >= 0.6 is 0 Å². The van der Waals surface area contributed by atoms with Gasteiger partial charge in [-0.15, -0.1) is 0 Å². The van der Waals surface area contributed by atoms with Gasteiger partial charge in [-0.1, -0.05) is 25.5 Å². The number of likely N-dealkylation sites (tertiary alicyclic amines) is 1. The molecule has 92 valence electrons. The summed E-state index contributed by atoms with van der Waals surface area (Å²) in [6, 6.07) is 0. The Hall–Kier alpha value is 0.430. The fourth-order valence-corrected chi connectivity index (χ4v) is 4.38. The molecule has 0 radical (unpaired) electrons. The van der Waals surface area contributed by atoms with Crippen LogP contribution in [-0.4, -0.2) is 31.2 Å². The Bertz CT molecular complexity index is 266. The van der Waals surface area contributed by atoms with Crippen LogP contribution in [0.5, 0.6) is 0 Å². The Balaban J connectivity index is 0.000000963. The van der Waals surface area contributed by atoms with Crippen molar-refractivity contribution in [2.75, 3.05) is 26.7 Å². The van der Waals surface area contributed by atoms with Gasteiger partial charge in [0.2, 0.25) is 0 Å². The van der Waals surface area contributed by atoms with Gasteiger partial charge in [0.15, 0.2) is 0 Å². The molecule has 3 rings (SSSR count). The van der Waals surface area contributed by atoms with Crippen molar-refractivity contribution < 1.29 is 28.5 Å². The fraction of sp³-hybridized carbons (Fsp3) is 0.857. The number of fused-ring (bicyclic) bond motifs is 5. The summed E-state index contributed by atoms with van der Waals surface area (Å²) in [4.78, 5) is 0. The van der Waals surface area contributed by atoms with Gasteiger partial charge in [0.05, 0.1) is 26.7 Å². The highest BCUT2D eigenvalue weighted by molar-refractivity contribution is 5.14. The molecular formula is C14H24IN. The number of hydrogen-bond acceptors (Lipinski definition) is 0. The number of unbranched alkanes of at least 4 members (excludes halogenated alkanes) is 1. The third-order valence-corrected chi connectivity index (χ3v) is 5.15. The lowest BCUT2D eigenvalue weighted by Crippen LogP contribution is -3.00. The van der Waals surface area contributed by atoms with Crippen LogP contribution in [0.2, 0.25) is 0 Å². The van der Waals surface area contributed by atoms with E-state index in [4.69, 9.17) is 0 Å². The lowest BCUT2D eigenvalue weighted by Gasteiger charge is -2.31. The Morgan fingerprint density at radius 1 is 1.12 bits per heavy atom. The molecule has 1 nitrogen and oxygen atoms in total. The molecule has 2 heteroatoms. The molecule has 4 unspecified atom stereocenters. The Labute approximate surface area is 117 Å². The van der Waals surface area contributed by atoms with Gasteiger partial charge in [0.1, 0.15) is 0 Å². The van der Waals surface area contributed by atoms with E-state index in [1.54, 1.807) is 0 Å². The molecule has 16 heavy (non-hydrogen) atoms. The Kier molecular flexibility index (Phi) is 3.70. The van der Waals surface area contributed by atoms with Crippen molar-refractivity contribution in [1.82, 2.24) is 0 Å². The largest absolute Gasteiger partial charge is 1.00 e. The summed E-state index contributed by atoms with van der Waals surface area (Å²) in [7, 11) is 2.49. The first-order valence-corrected chi connectivity index (χ1v) is 6.74. The van der Waals surface area contributed by atoms with E-state index >= 15 is 0 Å². The average molecular weight is 333 g/mol. The van der Waals surface area contributed by atoms with E-state index in [9.17, 15) is 0 Å².